The molecule has 1 heterocycles. The Balaban J connectivity index is 1.91. The van der Waals surface area contributed by atoms with Crippen LogP contribution in [0.15, 0.2) is 47.5 Å². The quantitative estimate of drug-likeness (QED) is 0.841. The van der Waals surface area contributed by atoms with Gasteiger partial charge in [0.15, 0.2) is 5.78 Å². The minimum Gasteiger partial charge on any atom is -0.497 e. The van der Waals surface area contributed by atoms with Gasteiger partial charge < -0.3 is 10.5 Å². The van der Waals surface area contributed by atoms with E-state index in [0.29, 0.717) is 11.1 Å². The number of fused-ring (bicyclic) bond motifs is 1. The number of methoxy groups -OCH3 is 1. The molecule has 0 fully saturated rings. The topological polar surface area (TPSA) is 81.8 Å². The summed E-state index contributed by atoms with van der Waals surface area (Å²) in [5.74, 6) is 0.184. The van der Waals surface area contributed by atoms with Crippen LogP contribution in [-0.2, 0) is 6.42 Å². The van der Waals surface area contributed by atoms with Crippen molar-refractivity contribution >= 4 is 17.4 Å². The van der Waals surface area contributed by atoms with Gasteiger partial charge in [0.05, 0.1) is 24.8 Å². The van der Waals surface area contributed by atoms with E-state index in [1.807, 2.05) is 18.2 Å². The van der Waals surface area contributed by atoms with E-state index in [1.54, 1.807) is 31.4 Å². The van der Waals surface area contributed by atoms with Gasteiger partial charge in [-0.15, -0.1) is 0 Å². The normalized spacial score (nSPS) is 15.0. The Labute approximate surface area is 152 Å². The molecule has 2 N–H and O–H groups in total. The molecular weight excluding hydrogens is 328 g/mol. The van der Waals surface area contributed by atoms with Gasteiger partial charge in [-0.1, -0.05) is 18.2 Å². The molecule has 0 bridgehead atoms. The predicted octanol–water partition coefficient (Wildman–Crippen LogP) is 3.19. The van der Waals surface area contributed by atoms with Crippen LogP contribution in [-0.4, -0.2) is 30.1 Å². The highest BCUT2D eigenvalue weighted by Gasteiger charge is 2.28. The van der Waals surface area contributed by atoms with Gasteiger partial charge >= 0.3 is 0 Å². The minimum absolute atomic E-state index is 0.0498. The van der Waals surface area contributed by atoms with Gasteiger partial charge in [-0.25, -0.2) is 0 Å². The smallest absolute Gasteiger partial charge is 0.248 e. The molecule has 0 unspecified atom stereocenters. The highest BCUT2D eigenvalue weighted by atomic mass is 16.5. The summed E-state index contributed by atoms with van der Waals surface area (Å²) in [5, 5.41) is 0. The van der Waals surface area contributed by atoms with Gasteiger partial charge in [0.25, 0.3) is 0 Å². The van der Waals surface area contributed by atoms with Crippen molar-refractivity contribution in [3.05, 3.63) is 64.7 Å². The monoisotopic (exact) mass is 350 g/mol. The summed E-state index contributed by atoms with van der Waals surface area (Å²) < 4.78 is 5.32. The summed E-state index contributed by atoms with van der Waals surface area (Å²) in [6.45, 7) is 4.12. The molecule has 0 saturated heterocycles. The molecule has 5 nitrogen and oxygen atoms in total. The molecule has 5 heteroatoms. The maximum atomic E-state index is 12.7. The van der Waals surface area contributed by atoms with Gasteiger partial charge in [0, 0.05) is 16.7 Å². The first-order chi connectivity index (χ1) is 12.3. The molecule has 0 spiro atoms. The molecule has 3 rings (SSSR count). The summed E-state index contributed by atoms with van der Waals surface area (Å²) in [4.78, 5) is 28.7. The third-order valence-corrected chi connectivity index (χ3v) is 4.51. The Morgan fingerprint density at radius 2 is 1.77 bits per heavy atom. The van der Waals surface area contributed by atoms with Crippen molar-refractivity contribution < 1.29 is 14.3 Å². The molecule has 0 aromatic heterocycles. The zero-order chi connectivity index (χ0) is 18.9. The van der Waals surface area contributed by atoms with Crippen LogP contribution in [0, 0.1) is 0 Å². The number of rotatable bonds is 5. The highest BCUT2D eigenvalue weighted by Crippen LogP contribution is 2.31. The molecule has 0 radical (unpaired) electrons. The lowest BCUT2D eigenvalue weighted by Gasteiger charge is -2.29. The van der Waals surface area contributed by atoms with Crippen molar-refractivity contribution in [3.8, 4) is 5.75 Å². The Kier molecular flexibility index (Phi) is 4.64. The maximum Gasteiger partial charge on any atom is 0.248 e. The largest absolute Gasteiger partial charge is 0.497 e. The number of carbonyl (C=O) groups is 2. The zero-order valence-corrected chi connectivity index (χ0v) is 15.2. The fourth-order valence-corrected chi connectivity index (χ4v) is 3.25. The van der Waals surface area contributed by atoms with Crippen LogP contribution in [0.5, 0.6) is 5.75 Å². The number of hydrogen-bond acceptors (Lipinski definition) is 4. The third-order valence-electron chi connectivity index (χ3n) is 4.51. The fourth-order valence-electron chi connectivity index (χ4n) is 3.25. The molecule has 0 aliphatic carbocycles. The molecule has 0 atom stereocenters. The number of amides is 1. The lowest BCUT2D eigenvalue weighted by molar-refractivity contribution is 0.0988. The first-order valence-electron chi connectivity index (χ1n) is 8.48. The summed E-state index contributed by atoms with van der Waals surface area (Å²) in [7, 11) is 1.62. The number of ketones is 1. The Morgan fingerprint density at radius 3 is 2.38 bits per heavy atom. The van der Waals surface area contributed by atoms with Gasteiger partial charge in [0.1, 0.15) is 5.75 Å². The molecule has 2 aromatic carbocycles. The van der Waals surface area contributed by atoms with Crippen molar-refractivity contribution in [1.29, 1.82) is 0 Å². The van der Waals surface area contributed by atoms with Crippen molar-refractivity contribution in [2.24, 2.45) is 10.7 Å². The van der Waals surface area contributed by atoms with Crippen LogP contribution >= 0.6 is 0 Å². The van der Waals surface area contributed by atoms with E-state index in [0.717, 1.165) is 29.0 Å². The number of nitrogens with zero attached hydrogens (tertiary/aromatic N) is 1. The van der Waals surface area contributed by atoms with E-state index < -0.39 is 5.91 Å². The summed E-state index contributed by atoms with van der Waals surface area (Å²) in [6.07, 6.45) is 1.01. The molecule has 1 amide bonds. The van der Waals surface area contributed by atoms with Crippen molar-refractivity contribution in [1.82, 2.24) is 0 Å². The number of ether oxygens (including phenoxy) is 1. The highest BCUT2D eigenvalue weighted by molar-refractivity contribution is 6.17. The first kappa shape index (κ1) is 17.9. The van der Waals surface area contributed by atoms with E-state index in [4.69, 9.17) is 15.5 Å². The van der Waals surface area contributed by atoms with Crippen LogP contribution < -0.4 is 10.5 Å². The van der Waals surface area contributed by atoms with Crippen LogP contribution in [0.4, 0.5) is 0 Å². The van der Waals surface area contributed by atoms with Gasteiger partial charge in [0.2, 0.25) is 5.91 Å². The Hall–Kier alpha value is -2.95. The van der Waals surface area contributed by atoms with Crippen LogP contribution in [0.3, 0.4) is 0 Å². The van der Waals surface area contributed by atoms with Crippen molar-refractivity contribution in [3.63, 3.8) is 0 Å². The number of primary amides is 1. The third kappa shape index (κ3) is 3.67. The van der Waals surface area contributed by atoms with Crippen LogP contribution in [0.2, 0.25) is 0 Å². The second-order valence-corrected chi connectivity index (χ2v) is 7.11. The predicted molar refractivity (Wildman–Crippen MR) is 101 cm³/mol. The molecule has 1 aliphatic rings. The van der Waals surface area contributed by atoms with Gasteiger partial charge in [-0.2, -0.15) is 0 Å². The molecule has 26 heavy (non-hydrogen) atoms. The second-order valence-electron chi connectivity index (χ2n) is 7.11. The van der Waals surface area contributed by atoms with E-state index in [1.165, 1.54) is 0 Å². The molecule has 134 valence electrons. The summed E-state index contributed by atoms with van der Waals surface area (Å²) >= 11 is 0. The van der Waals surface area contributed by atoms with E-state index in [-0.39, 0.29) is 17.7 Å². The first-order valence-corrected chi connectivity index (χ1v) is 8.48. The minimum atomic E-state index is -0.511. The van der Waals surface area contributed by atoms with Crippen molar-refractivity contribution in [2.75, 3.05) is 7.11 Å². The van der Waals surface area contributed by atoms with Crippen molar-refractivity contribution in [2.45, 2.75) is 32.2 Å². The summed E-state index contributed by atoms with van der Waals surface area (Å²) in [6, 6.07) is 12.3. The number of nitrogens with two attached hydrogens (primary N) is 1. The zero-order valence-electron chi connectivity index (χ0n) is 15.2. The second kappa shape index (κ2) is 6.75. The number of hydrogen-bond donors (Lipinski definition) is 1. The lowest BCUT2D eigenvalue weighted by atomic mass is 9.85. The maximum absolute atomic E-state index is 12.7. The van der Waals surface area contributed by atoms with Crippen LogP contribution in [0.25, 0.3) is 0 Å². The number of aliphatic imine (C=N–C) groups is 1. The number of benzene rings is 2. The van der Waals surface area contributed by atoms with Gasteiger partial charge in [-0.05, 0) is 50.1 Å². The Morgan fingerprint density at radius 1 is 1.12 bits per heavy atom. The molecule has 1 aliphatic heterocycles. The molecule has 0 saturated carbocycles. The average Bonchev–Trinajstić information content (AvgIpc) is 2.60. The lowest BCUT2D eigenvalue weighted by Crippen LogP contribution is -2.30. The SMILES string of the molecule is COc1ccc2c(c1)C(CC(=O)c1ccc(C(N)=O)cc1)=NC(C)(C)C2. The molecular formula is C21H22N2O3. The van der Waals surface area contributed by atoms with Crippen LogP contribution in [0.1, 0.15) is 52.1 Å². The van der Waals surface area contributed by atoms with E-state index in [2.05, 4.69) is 13.8 Å². The number of carbonyl (C=O) groups excluding carboxylic acids is 2. The van der Waals surface area contributed by atoms with E-state index >= 15 is 0 Å². The number of Topliss-reactive ketones (excluding diaryl/α,β-unsaturated/α-hetero) is 1. The van der Waals surface area contributed by atoms with E-state index in [9.17, 15) is 9.59 Å². The summed E-state index contributed by atoms with van der Waals surface area (Å²) in [5.41, 5.74) is 8.79. The average molecular weight is 350 g/mol. The fraction of sp³-hybridized carbons (Fsp3) is 0.286. The van der Waals surface area contributed by atoms with Gasteiger partial charge in [-0.3, -0.25) is 14.6 Å². The standard InChI is InChI=1S/C21H22N2O3/c1-21(2)12-15-8-9-16(26-3)10-17(15)18(23-21)11-19(24)13-4-6-14(7-5-13)20(22)25/h4-10H,11-12H2,1-3H3,(H2,22,25). The Bertz CT molecular complexity index is 896. The molecule has 2 aromatic rings.